The highest BCUT2D eigenvalue weighted by atomic mass is 16.5. The number of carbonyl (C=O) groups is 1. The fourth-order valence-electron chi connectivity index (χ4n) is 1.55. The normalized spacial score (nSPS) is 9.84. The van der Waals surface area contributed by atoms with Crippen molar-refractivity contribution in [3.8, 4) is 11.5 Å². The molecule has 106 valence electrons. The maximum Gasteiger partial charge on any atom is 0.319 e. The van der Waals surface area contributed by atoms with Crippen LogP contribution in [0.1, 0.15) is 19.8 Å². The van der Waals surface area contributed by atoms with Crippen LogP contribution in [0.5, 0.6) is 11.5 Å². The summed E-state index contributed by atoms with van der Waals surface area (Å²) in [6.07, 6.45) is 1.97. The van der Waals surface area contributed by atoms with Crippen LogP contribution in [0, 0.1) is 0 Å². The molecule has 1 aromatic carbocycles. The number of hydrogen-bond donors (Lipinski definition) is 3. The molecule has 0 heterocycles. The molecular weight excluding hydrogens is 246 g/mol. The molecule has 4 N–H and O–H groups in total. The molecule has 0 unspecified atom stereocenters. The molecule has 0 radical (unpaired) electrons. The van der Waals surface area contributed by atoms with E-state index in [-0.39, 0.29) is 6.03 Å². The van der Waals surface area contributed by atoms with E-state index < -0.39 is 0 Å². The van der Waals surface area contributed by atoms with Gasteiger partial charge in [-0.05, 0) is 6.42 Å². The highest BCUT2D eigenvalue weighted by Crippen LogP contribution is 2.34. The first-order valence-electron chi connectivity index (χ1n) is 6.18. The van der Waals surface area contributed by atoms with E-state index in [1.807, 2.05) is 0 Å². The smallest absolute Gasteiger partial charge is 0.319 e. The van der Waals surface area contributed by atoms with Crippen LogP contribution in [0.15, 0.2) is 12.1 Å². The number of amides is 2. The van der Waals surface area contributed by atoms with E-state index in [2.05, 4.69) is 17.6 Å². The van der Waals surface area contributed by atoms with Crippen molar-refractivity contribution in [2.75, 3.05) is 31.8 Å². The molecule has 0 saturated carbocycles. The highest BCUT2D eigenvalue weighted by Gasteiger charge is 2.11. The Hall–Kier alpha value is -2.11. The van der Waals surface area contributed by atoms with Gasteiger partial charge >= 0.3 is 6.03 Å². The summed E-state index contributed by atoms with van der Waals surface area (Å²) in [6, 6.07) is 2.96. The summed E-state index contributed by atoms with van der Waals surface area (Å²) >= 11 is 0. The Morgan fingerprint density at radius 2 is 1.89 bits per heavy atom. The van der Waals surface area contributed by atoms with Crippen molar-refractivity contribution in [1.82, 2.24) is 5.32 Å². The maximum absolute atomic E-state index is 11.6. The molecule has 6 heteroatoms. The van der Waals surface area contributed by atoms with Crippen LogP contribution in [0.2, 0.25) is 0 Å². The lowest BCUT2D eigenvalue weighted by molar-refractivity contribution is 0.252. The number of anilines is 2. The summed E-state index contributed by atoms with van der Waals surface area (Å²) in [5.41, 5.74) is 6.76. The predicted molar refractivity (Wildman–Crippen MR) is 75.9 cm³/mol. The van der Waals surface area contributed by atoms with Crippen LogP contribution < -0.4 is 25.8 Å². The lowest BCUT2D eigenvalue weighted by atomic mass is 10.2. The maximum atomic E-state index is 11.6. The van der Waals surface area contributed by atoms with E-state index in [1.54, 1.807) is 12.1 Å². The Labute approximate surface area is 113 Å². The summed E-state index contributed by atoms with van der Waals surface area (Å²) in [7, 11) is 3.06. The number of ether oxygens (including phenoxy) is 2. The summed E-state index contributed by atoms with van der Waals surface area (Å²) in [4.78, 5) is 11.6. The van der Waals surface area contributed by atoms with Gasteiger partial charge in [-0.1, -0.05) is 13.3 Å². The molecule has 0 aromatic heterocycles. The molecule has 19 heavy (non-hydrogen) atoms. The van der Waals surface area contributed by atoms with Gasteiger partial charge in [0.25, 0.3) is 0 Å². The number of hydrogen-bond acceptors (Lipinski definition) is 4. The molecule has 0 spiro atoms. The van der Waals surface area contributed by atoms with Crippen LogP contribution in [0.3, 0.4) is 0 Å². The molecule has 2 amide bonds. The number of carbonyl (C=O) groups excluding carboxylic acids is 1. The molecule has 0 aliphatic carbocycles. The number of rotatable bonds is 6. The summed E-state index contributed by atoms with van der Waals surface area (Å²) in [6.45, 7) is 2.70. The number of nitrogens with two attached hydrogens (primary N) is 1. The first kappa shape index (κ1) is 14.9. The topological polar surface area (TPSA) is 85.6 Å². The van der Waals surface area contributed by atoms with Gasteiger partial charge in [-0.2, -0.15) is 0 Å². The van der Waals surface area contributed by atoms with E-state index >= 15 is 0 Å². The Balaban J connectivity index is 2.75. The van der Waals surface area contributed by atoms with E-state index in [0.29, 0.717) is 29.4 Å². The molecule has 0 aliphatic rings. The molecule has 0 atom stereocenters. The average Bonchev–Trinajstić information content (AvgIpc) is 2.40. The number of methoxy groups -OCH3 is 2. The summed E-state index contributed by atoms with van der Waals surface area (Å²) < 4.78 is 10.3. The molecular formula is C13H21N3O3. The summed E-state index contributed by atoms with van der Waals surface area (Å²) in [5.74, 6) is 1.04. The van der Waals surface area contributed by atoms with Crippen LogP contribution >= 0.6 is 0 Å². The largest absolute Gasteiger partial charge is 0.493 e. The van der Waals surface area contributed by atoms with E-state index in [9.17, 15) is 4.79 Å². The Kier molecular flexibility index (Phi) is 5.78. The SMILES string of the molecule is CCCCNC(=O)Nc1cc(OC)c(OC)cc1N. The lowest BCUT2D eigenvalue weighted by Crippen LogP contribution is -2.29. The number of urea groups is 1. The third-order valence-electron chi connectivity index (χ3n) is 2.62. The van der Waals surface area contributed by atoms with Crippen molar-refractivity contribution in [3.05, 3.63) is 12.1 Å². The van der Waals surface area contributed by atoms with Crippen molar-refractivity contribution in [2.24, 2.45) is 0 Å². The van der Waals surface area contributed by atoms with Gasteiger partial charge in [0.2, 0.25) is 0 Å². The van der Waals surface area contributed by atoms with Gasteiger partial charge in [-0.3, -0.25) is 0 Å². The lowest BCUT2D eigenvalue weighted by Gasteiger charge is -2.13. The van der Waals surface area contributed by atoms with Gasteiger partial charge in [0, 0.05) is 18.7 Å². The second-order valence-corrected chi connectivity index (χ2v) is 4.03. The molecule has 0 saturated heterocycles. The van der Waals surface area contributed by atoms with Crippen molar-refractivity contribution in [1.29, 1.82) is 0 Å². The first-order valence-corrected chi connectivity index (χ1v) is 6.18. The zero-order valence-corrected chi connectivity index (χ0v) is 11.6. The zero-order valence-electron chi connectivity index (χ0n) is 11.6. The minimum Gasteiger partial charge on any atom is -0.493 e. The first-order chi connectivity index (χ1) is 9.12. The van der Waals surface area contributed by atoms with Gasteiger partial charge in [0.1, 0.15) is 0 Å². The van der Waals surface area contributed by atoms with Crippen LogP contribution in [-0.4, -0.2) is 26.8 Å². The number of nitrogens with one attached hydrogen (secondary N) is 2. The average molecular weight is 267 g/mol. The van der Waals surface area contributed by atoms with Crippen molar-refractivity contribution in [2.45, 2.75) is 19.8 Å². The highest BCUT2D eigenvalue weighted by molar-refractivity contribution is 5.93. The molecule has 0 bridgehead atoms. The zero-order chi connectivity index (χ0) is 14.3. The minimum atomic E-state index is -0.285. The van der Waals surface area contributed by atoms with Crippen molar-refractivity contribution < 1.29 is 14.3 Å². The van der Waals surface area contributed by atoms with E-state index in [0.717, 1.165) is 12.8 Å². The molecule has 0 aliphatic heterocycles. The van der Waals surface area contributed by atoms with E-state index in [1.165, 1.54) is 14.2 Å². The molecule has 0 fully saturated rings. The monoisotopic (exact) mass is 267 g/mol. The predicted octanol–water partition coefficient (Wildman–Crippen LogP) is 2.21. The second kappa shape index (κ2) is 7.35. The molecule has 1 aromatic rings. The fraction of sp³-hybridized carbons (Fsp3) is 0.462. The van der Waals surface area contributed by atoms with Gasteiger partial charge in [-0.25, -0.2) is 4.79 Å². The minimum absolute atomic E-state index is 0.285. The van der Waals surface area contributed by atoms with Gasteiger partial charge in [-0.15, -0.1) is 0 Å². The number of nitrogen functional groups attached to an aromatic ring is 1. The van der Waals surface area contributed by atoms with Gasteiger partial charge in [0.15, 0.2) is 11.5 Å². The van der Waals surface area contributed by atoms with Crippen LogP contribution in [0.4, 0.5) is 16.2 Å². The van der Waals surface area contributed by atoms with Crippen LogP contribution in [0.25, 0.3) is 0 Å². The Morgan fingerprint density at radius 3 is 2.47 bits per heavy atom. The second-order valence-electron chi connectivity index (χ2n) is 4.03. The van der Waals surface area contributed by atoms with Crippen molar-refractivity contribution in [3.63, 3.8) is 0 Å². The van der Waals surface area contributed by atoms with Crippen molar-refractivity contribution >= 4 is 17.4 Å². The van der Waals surface area contributed by atoms with Crippen LogP contribution in [-0.2, 0) is 0 Å². The standard InChI is InChI=1S/C13H21N3O3/c1-4-5-6-15-13(17)16-10-8-12(19-3)11(18-2)7-9(10)14/h7-8H,4-6,14H2,1-3H3,(H2,15,16,17). The molecule has 1 rings (SSSR count). The third kappa shape index (κ3) is 4.24. The molecule has 6 nitrogen and oxygen atoms in total. The Morgan fingerprint density at radius 1 is 1.26 bits per heavy atom. The summed E-state index contributed by atoms with van der Waals surface area (Å²) in [5, 5.41) is 5.43. The number of unbranched alkanes of at least 4 members (excludes halogenated alkanes) is 1. The quantitative estimate of drug-likeness (QED) is 0.545. The number of benzene rings is 1. The van der Waals surface area contributed by atoms with E-state index in [4.69, 9.17) is 15.2 Å². The third-order valence-corrected chi connectivity index (χ3v) is 2.62. The Bertz CT molecular complexity index is 435. The fourth-order valence-corrected chi connectivity index (χ4v) is 1.55. The van der Waals surface area contributed by atoms with Gasteiger partial charge in [0.05, 0.1) is 25.6 Å². The van der Waals surface area contributed by atoms with Gasteiger partial charge < -0.3 is 25.8 Å².